The Hall–Kier alpha value is -3.69. The first-order valence-electron chi connectivity index (χ1n) is 9.67. The van der Waals surface area contributed by atoms with Gasteiger partial charge in [-0.3, -0.25) is 9.78 Å². The molecule has 3 atom stereocenters. The molecule has 0 bridgehead atoms. The molecule has 1 aromatic heterocycles. The lowest BCUT2D eigenvalue weighted by Crippen LogP contribution is -2.65. The molecule has 0 spiro atoms. The van der Waals surface area contributed by atoms with E-state index in [-0.39, 0.29) is 24.1 Å². The van der Waals surface area contributed by atoms with Crippen LogP contribution in [-0.2, 0) is 0 Å². The van der Waals surface area contributed by atoms with Crippen molar-refractivity contribution in [2.24, 2.45) is 0 Å². The van der Waals surface area contributed by atoms with E-state index in [4.69, 9.17) is 4.74 Å². The van der Waals surface area contributed by atoms with Crippen molar-refractivity contribution < 1.29 is 14.6 Å². The largest absolute Gasteiger partial charge is 0.497 e. The van der Waals surface area contributed by atoms with E-state index in [1.165, 1.54) is 11.1 Å². The number of amides is 1. The fourth-order valence-electron chi connectivity index (χ4n) is 4.12. The van der Waals surface area contributed by atoms with E-state index in [0.717, 1.165) is 22.4 Å². The molecule has 2 heterocycles. The molecule has 1 saturated heterocycles. The van der Waals surface area contributed by atoms with Gasteiger partial charge in [-0.05, 0) is 41.0 Å². The van der Waals surface area contributed by atoms with Gasteiger partial charge in [-0.15, -0.1) is 0 Å². The van der Waals surface area contributed by atoms with Crippen molar-refractivity contribution in [1.82, 2.24) is 9.88 Å². The maximum atomic E-state index is 13.0. The second-order valence-electron chi connectivity index (χ2n) is 7.10. The number of hydrogen-bond donors (Lipinski definition) is 1. The third-order valence-electron chi connectivity index (χ3n) is 5.55. The van der Waals surface area contributed by atoms with E-state index in [0.29, 0.717) is 0 Å². The van der Waals surface area contributed by atoms with Crippen LogP contribution in [0.15, 0.2) is 72.9 Å². The van der Waals surface area contributed by atoms with Gasteiger partial charge in [-0.1, -0.05) is 42.5 Å². The number of hydrogen-bond acceptors (Lipinski definition) is 5. The van der Waals surface area contributed by atoms with Crippen molar-refractivity contribution in [3.05, 3.63) is 84.2 Å². The molecular weight excluding hydrogens is 378 g/mol. The Morgan fingerprint density at radius 1 is 1.17 bits per heavy atom. The standard InChI is InChI=1S/C24H21N3O3/c1-30-17-8-6-7-16(13-17)18-9-2-3-10-19(18)23-21(14-25)27(22(23)15-28)24(29)20-11-4-5-12-26-20/h2-13,21-23,28H,15H2,1H3/t21-,22-,23+/m0/s1. The average Bonchev–Trinajstić information content (AvgIpc) is 2.80. The number of rotatable bonds is 5. The highest BCUT2D eigenvalue weighted by atomic mass is 16.5. The number of benzene rings is 2. The summed E-state index contributed by atoms with van der Waals surface area (Å²) in [4.78, 5) is 18.5. The Morgan fingerprint density at radius 3 is 2.67 bits per heavy atom. The van der Waals surface area contributed by atoms with Crippen molar-refractivity contribution in [2.45, 2.75) is 18.0 Å². The molecule has 1 aliphatic heterocycles. The SMILES string of the molecule is COc1cccc(-c2ccccc2[C@@H]2[C@H](C#N)N(C(=O)c3ccccn3)[C@H]2CO)c1. The summed E-state index contributed by atoms with van der Waals surface area (Å²) >= 11 is 0. The number of likely N-dealkylation sites (tertiary alicyclic amines) is 1. The number of carbonyl (C=O) groups is 1. The summed E-state index contributed by atoms with van der Waals surface area (Å²) in [7, 11) is 1.62. The molecule has 6 heteroatoms. The quantitative estimate of drug-likeness (QED) is 0.712. The lowest BCUT2D eigenvalue weighted by atomic mass is 9.73. The van der Waals surface area contributed by atoms with E-state index in [2.05, 4.69) is 11.1 Å². The maximum absolute atomic E-state index is 13.0. The van der Waals surface area contributed by atoms with E-state index < -0.39 is 12.1 Å². The van der Waals surface area contributed by atoms with Crippen LogP contribution in [0.2, 0.25) is 0 Å². The first kappa shape index (κ1) is 19.6. The molecule has 1 aliphatic rings. The van der Waals surface area contributed by atoms with E-state index in [9.17, 15) is 15.2 Å². The molecule has 2 aromatic carbocycles. The molecule has 0 unspecified atom stereocenters. The highest BCUT2D eigenvalue weighted by molar-refractivity contribution is 5.94. The Bertz CT molecular complexity index is 1090. The Balaban J connectivity index is 1.73. The number of pyridine rings is 1. The third-order valence-corrected chi connectivity index (χ3v) is 5.55. The third kappa shape index (κ3) is 3.30. The molecule has 0 aliphatic carbocycles. The lowest BCUT2D eigenvalue weighted by molar-refractivity contribution is -0.00615. The second-order valence-corrected chi connectivity index (χ2v) is 7.10. The number of aliphatic hydroxyl groups excluding tert-OH is 1. The van der Waals surface area contributed by atoms with Gasteiger partial charge in [0.05, 0.1) is 25.8 Å². The van der Waals surface area contributed by atoms with E-state index >= 15 is 0 Å². The van der Waals surface area contributed by atoms with Crippen LogP contribution < -0.4 is 4.74 Å². The fraction of sp³-hybridized carbons (Fsp3) is 0.208. The normalized spacial score (nSPS) is 20.2. The zero-order chi connectivity index (χ0) is 21.1. The van der Waals surface area contributed by atoms with Gasteiger partial charge in [-0.25, -0.2) is 0 Å². The predicted molar refractivity (Wildman–Crippen MR) is 112 cm³/mol. The van der Waals surface area contributed by atoms with Crippen LogP contribution in [0.4, 0.5) is 0 Å². The highest BCUT2D eigenvalue weighted by Gasteiger charge is 2.52. The molecule has 0 radical (unpaired) electrons. The summed E-state index contributed by atoms with van der Waals surface area (Å²) in [6, 6.07) is 21.6. The molecule has 30 heavy (non-hydrogen) atoms. The van der Waals surface area contributed by atoms with Gasteiger partial charge in [0.1, 0.15) is 17.5 Å². The van der Waals surface area contributed by atoms with Gasteiger partial charge in [-0.2, -0.15) is 5.26 Å². The Morgan fingerprint density at radius 2 is 1.97 bits per heavy atom. The molecule has 1 N–H and O–H groups in total. The van der Waals surface area contributed by atoms with Gasteiger partial charge >= 0.3 is 0 Å². The number of methoxy groups -OCH3 is 1. The molecule has 4 rings (SSSR count). The number of ether oxygens (including phenoxy) is 1. The molecule has 1 fully saturated rings. The predicted octanol–water partition coefficient (Wildman–Crippen LogP) is 3.25. The molecule has 3 aromatic rings. The summed E-state index contributed by atoms with van der Waals surface area (Å²) in [6.07, 6.45) is 1.54. The molecule has 150 valence electrons. The van der Waals surface area contributed by atoms with Crippen LogP contribution in [0.1, 0.15) is 22.0 Å². The van der Waals surface area contributed by atoms with Crippen molar-refractivity contribution in [3.8, 4) is 22.9 Å². The van der Waals surface area contributed by atoms with Crippen LogP contribution in [0.25, 0.3) is 11.1 Å². The van der Waals surface area contributed by atoms with Crippen molar-refractivity contribution >= 4 is 5.91 Å². The summed E-state index contributed by atoms with van der Waals surface area (Å²) in [6.45, 7) is -0.242. The summed E-state index contributed by atoms with van der Waals surface area (Å²) in [5.41, 5.74) is 3.08. The monoisotopic (exact) mass is 399 g/mol. The van der Waals surface area contributed by atoms with Crippen LogP contribution in [0.5, 0.6) is 5.75 Å². The minimum absolute atomic E-state index is 0.242. The number of aromatic nitrogens is 1. The second kappa shape index (κ2) is 8.36. The summed E-state index contributed by atoms with van der Waals surface area (Å²) in [5.74, 6) is 0.0739. The highest BCUT2D eigenvalue weighted by Crippen LogP contribution is 2.44. The number of nitriles is 1. The maximum Gasteiger partial charge on any atom is 0.273 e. The van der Waals surface area contributed by atoms with Crippen molar-refractivity contribution in [3.63, 3.8) is 0 Å². The molecule has 1 amide bonds. The zero-order valence-electron chi connectivity index (χ0n) is 16.5. The van der Waals surface area contributed by atoms with Crippen LogP contribution in [0, 0.1) is 11.3 Å². The average molecular weight is 399 g/mol. The topological polar surface area (TPSA) is 86.5 Å². The first-order chi connectivity index (χ1) is 14.7. The minimum Gasteiger partial charge on any atom is -0.497 e. The fourth-order valence-corrected chi connectivity index (χ4v) is 4.12. The number of nitrogens with zero attached hydrogens (tertiary/aromatic N) is 3. The van der Waals surface area contributed by atoms with Gasteiger partial charge in [0.25, 0.3) is 5.91 Å². The summed E-state index contributed by atoms with van der Waals surface area (Å²) < 4.78 is 5.35. The Kier molecular flexibility index (Phi) is 5.46. The number of aliphatic hydroxyl groups is 1. The van der Waals surface area contributed by atoms with Gasteiger partial charge < -0.3 is 14.7 Å². The Labute approximate surface area is 175 Å². The lowest BCUT2D eigenvalue weighted by Gasteiger charge is -2.51. The first-order valence-corrected chi connectivity index (χ1v) is 9.67. The van der Waals surface area contributed by atoms with Crippen LogP contribution in [-0.4, -0.2) is 46.7 Å². The van der Waals surface area contributed by atoms with E-state index in [1.54, 1.807) is 25.3 Å². The van der Waals surface area contributed by atoms with Crippen molar-refractivity contribution in [2.75, 3.05) is 13.7 Å². The molecule has 6 nitrogen and oxygen atoms in total. The van der Waals surface area contributed by atoms with E-state index in [1.807, 2.05) is 48.5 Å². The minimum atomic E-state index is -0.691. The molecule has 0 saturated carbocycles. The zero-order valence-corrected chi connectivity index (χ0v) is 16.5. The van der Waals surface area contributed by atoms with Gasteiger partial charge in [0.15, 0.2) is 0 Å². The van der Waals surface area contributed by atoms with Crippen LogP contribution in [0.3, 0.4) is 0 Å². The van der Waals surface area contributed by atoms with Gasteiger partial charge in [0.2, 0.25) is 0 Å². The summed E-state index contributed by atoms with van der Waals surface area (Å²) in [5, 5.41) is 20.0. The smallest absolute Gasteiger partial charge is 0.273 e. The molecular formula is C24H21N3O3. The number of carbonyl (C=O) groups excluding carboxylic acids is 1. The van der Waals surface area contributed by atoms with Gasteiger partial charge in [0, 0.05) is 12.1 Å². The van der Waals surface area contributed by atoms with Crippen molar-refractivity contribution in [1.29, 1.82) is 5.26 Å². The van der Waals surface area contributed by atoms with Crippen LogP contribution >= 0.6 is 0 Å².